The molecule has 2 N–H and O–H groups in total. The Kier molecular flexibility index (Phi) is 5.92. The number of nitrogens with zero attached hydrogens (tertiary/aromatic N) is 2. The van der Waals surface area contributed by atoms with Gasteiger partial charge in [-0.1, -0.05) is 0 Å². The normalized spacial score (nSPS) is 17.8. The summed E-state index contributed by atoms with van der Waals surface area (Å²) in [7, 11) is 1.35. The van der Waals surface area contributed by atoms with Gasteiger partial charge in [0.25, 0.3) is 5.91 Å². The van der Waals surface area contributed by atoms with Crippen LogP contribution in [0.1, 0.15) is 23.2 Å². The summed E-state index contributed by atoms with van der Waals surface area (Å²) in [6.07, 6.45) is 1.75. The Labute approximate surface area is 128 Å². The summed E-state index contributed by atoms with van der Waals surface area (Å²) in [5.74, 6) is -0.0900. The first kappa shape index (κ1) is 17.2. The van der Waals surface area contributed by atoms with E-state index in [0.29, 0.717) is 13.1 Å². The molecule has 1 aliphatic heterocycles. The third-order valence-electron chi connectivity index (χ3n) is 3.37. The second-order valence-electron chi connectivity index (χ2n) is 4.80. The monoisotopic (exact) mass is 315 g/mol. The SMILES string of the molecule is COc1ccc(C(=O)N2CCC[C@@H](N)C2)cc1[N+](=O)[O-].Cl. The van der Waals surface area contributed by atoms with Gasteiger partial charge in [-0.2, -0.15) is 0 Å². The lowest BCUT2D eigenvalue weighted by Crippen LogP contribution is -2.45. The van der Waals surface area contributed by atoms with Crippen LogP contribution in [0.4, 0.5) is 5.69 Å². The fourth-order valence-corrected chi connectivity index (χ4v) is 2.34. The number of likely N-dealkylation sites (tertiary alicyclic amines) is 1. The van der Waals surface area contributed by atoms with Crippen LogP contribution in [0.25, 0.3) is 0 Å². The van der Waals surface area contributed by atoms with E-state index in [2.05, 4.69) is 0 Å². The number of piperidine rings is 1. The molecule has 1 amide bonds. The zero-order chi connectivity index (χ0) is 14.7. The van der Waals surface area contributed by atoms with Gasteiger partial charge in [0.1, 0.15) is 0 Å². The molecule has 0 bridgehead atoms. The van der Waals surface area contributed by atoms with Gasteiger partial charge in [-0.3, -0.25) is 14.9 Å². The second-order valence-corrected chi connectivity index (χ2v) is 4.80. The average Bonchev–Trinajstić information content (AvgIpc) is 2.45. The van der Waals surface area contributed by atoms with E-state index in [4.69, 9.17) is 10.5 Å². The van der Waals surface area contributed by atoms with Crippen LogP contribution >= 0.6 is 12.4 Å². The summed E-state index contributed by atoms with van der Waals surface area (Å²) < 4.78 is 4.92. The molecular weight excluding hydrogens is 298 g/mol. The standard InChI is InChI=1S/C13H17N3O4.ClH/c1-20-12-5-4-9(7-11(12)16(18)19)13(17)15-6-2-3-10(14)8-15;/h4-5,7,10H,2-3,6,8,14H2,1H3;1H/t10-;/m1./s1. The predicted molar refractivity (Wildman–Crippen MR) is 80.0 cm³/mol. The number of benzene rings is 1. The van der Waals surface area contributed by atoms with E-state index >= 15 is 0 Å². The number of amides is 1. The van der Waals surface area contributed by atoms with E-state index in [0.717, 1.165) is 12.8 Å². The topological polar surface area (TPSA) is 98.7 Å². The minimum Gasteiger partial charge on any atom is -0.490 e. The quantitative estimate of drug-likeness (QED) is 0.674. The minimum atomic E-state index is -0.558. The summed E-state index contributed by atoms with van der Waals surface area (Å²) in [5.41, 5.74) is 5.92. The number of nitro groups is 1. The van der Waals surface area contributed by atoms with Crippen molar-refractivity contribution in [2.24, 2.45) is 5.73 Å². The fourth-order valence-electron chi connectivity index (χ4n) is 2.34. The van der Waals surface area contributed by atoms with Crippen LogP contribution in [0.5, 0.6) is 5.75 Å². The lowest BCUT2D eigenvalue weighted by Gasteiger charge is -2.30. The molecule has 1 aliphatic rings. The third-order valence-corrected chi connectivity index (χ3v) is 3.37. The molecule has 7 nitrogen and oxygen atoms in total. The highest BCUT2D eigenvalue weighted by atomic mass is 35.5. The molecule has 1 fully saturated rings. The van der Waals surface area contributed by atoms with E-state index < -0.39 is 4.92 Å². The molecule has 1 saturated heterocycles. The number of ether oxygens (including phenoxy) is 1. The molecule has 2 rings (SSSR count). The van der Waals surface area contributed by atoms with Crippen molar-refractivity contribution >= 4 is 24.0 Å². The Bertz CT molecular complexity index is 538. The van der Waals surface area contributed by atoms with Gasteiger partial charge in [0, 0.05) is 30.8 Å². The zero-order valence-corrected chi connectivity index (χ0v) is 12.5. The molecule has 1 aromatic rings. The number of hydrogen-bond donors (Lipinski definition) is 1. The van der Waals surface area contributed by atoms with Gasteiger partial charge < -0.3 is 15.4 Å². The molecule has 0 saturated carbocycles. The number of nitrogens with two attached hydrogens (primary N) is 1. The molecule has 1 atom stereocenters. The molecule has 1 heterocycles. The van der Waals surface area contributed by atoms with Crippen LogP contribution in [-0.2, 0) is 0 Å². The fraction of sp³-hybridized carbons (Fsp3) is 0.462. The van der Waals surface area contributed by atoms with Crippen LogP contribution in [0.3, 0.4) is 0 Å². The van der Waals surface area contributed by atoms with Crippen molar-refractivity contribution in [3.8, 4) is 5.75 Å². The molecule has 116 valence electrons. The molecule has 21 heavy (non-hydrogen) atoms. The summed E-state index contributed by atoms with van der Waals surface area (Å²) in [4.78, 5) is 24.4. The highest BCUT2D eigenvalue weighted by Crippen LogP contribution is 2.28. The highest BCUT2D eigenvalue weighted by Gasteiger charge is 2.25. The highest BCUT2D eigenvalue weighted by molar-refractivity contribution is 5.95. The van der Waals surface area contributed by atoms with Crippen LogP contribution in [0.15, 0.2) is 18.2 Å². The van der Waals surface area contributed by atoms with Crippen molar-refractivity contribution in [2.45, 2.75) is 18.9 Å². The minimum absolute atomic E-state index is 0. The lowest BCUT2D eigenvalue weighted by atomic mass is 10.0. The second kappa shape index (κ2) is 7.24. The molecule has 1 aromatic carbocycles. The van der Waals surface area contributed by atoms with Gasteiger partial charge in [-0.05, 0) is 25.0 Å². The maximum Gasteiger partial charge on any atom is 0.311 e. The van der Waals surface area contributed by atoms with E-state index in [1.165, 1.54) is 25.3 Å². The van der Waals surface area contributed by atoms with E-state index in [-0.39, 0.29) is 41.4 Å². The maximum absolute atomic E-state index is 12.3. The van der Waals surface area contributed by atoms with Crippen molar-refractivity contribution < 1.29 is 14.5 Å². The number of methoxy groups -OCH3 is 1. The summed E-state index contributed by atoms with van der Waals surface area (Å²) >= 11 is 0. The Hall–Kier alpha value is -1.86. The van der Waals surface area contributed by atoms with E-state index in [1.807, 2.05) is 0 Å². The lowest BCUT2D eigenvalue weighted by molar-refractivity contribution is -0.385. The number of halogens is 1. The maximum atomic E-state index is 12.3. The smallest absolute Gasteiger partial charge is 0.311 e. The van der Waals surface area contributed by atoms with Crippen LogP contribution in [0, 0.1) is 10.1 Å². The number of rotatable bonds is 3. The Balaban J connectivity index is 0.00000220. The molecule has 0 aliphatic carbocycles. The van der Waals surface area contributed by atoms with Gasteiger partial charge in [-0.15, -0.1) is 12.4 Å². The first-order chi connectivity index (χ1) is 9.52. The van der Waals surface area contributed by atoms with Crippen molar-refractivity contribution in [2.75, 3.05) is 20.2 Å². The summed E-state index contributed by atoms with van der Waals surface area (Å²) in [6, 6.07) is 4.20. The number of carbonyl (C=O) groups is 1. The number of nitro benzene ring substituents is 1. The zero-order valence-electron chi connectivity index (χ0n) is 11.7. The Morgan fingerprint density at radius 1 is 1.52 bits per heavy atom. The summed E-state index contributed by atoms with van der Waals surface area (Å²) in [5, 5.41) is 11.0. The van der Waals surface area contributed by atoms with Gasteiger partial charge >= 0.3 is 5.69 Å². The van der Waals surface area contributed by atoms with Crippen LogP contribution in [0.2, 0.25) is 0 Å². The number of hydrogen-bond acceptors (Lipinski definition) is 5. The molecule has 0 radical (unpaired) electrons. The number of carbonyl (C=O) groups excluding carboxylic acids is 1. The predicted octanol–water partition coefficient (Wildman–Crippen LogP) is 1.59. The first-order valence-corrected chi connectivity index (χ1v) is 6.40. The van der Waals surface area contributed by atoms with E-state index in [1.54, 1.807) is 4.90 Å². The largest absolute Gasteiger partial charge is 0.490 e. The van der Waals surface area contributed by atoms with Crippen LogP contribution < -0.4 is 10.5 Å². The van der Waals surface area contributed by atoms with Gasteiger partial charge in [0.15, 0.2) is 5.75 Å². The Morgan fingerprint density at radius 2 is 2.24 bits per heavy atom. The molecule has 0 spiro atoms. The van der Waals surface area contributed by atoms with E-state index in [9.17, 15) is 14.9 Å². The molecular formula is C13H18ClN3O4. The van der Waals surface area contributed by atoms with Crippen molar-refractivity contribution in [3.63, 3.8) is 0 Å². The van der Waals surface area contributed by atoms with Gasteiger partial charge in [0.2, 0.25) is 0 Å². The van der Waals surface area contributed by atoms with Crippen molar-refractivity contribution in [3.05, 3.63) is 33.9 Å². The van der Waals surface area contributed by atoms with Gasteiger partial charge in [-0.25, -0.2) is 0 Å². The van der Waals surface area contributed by atoms with Gasteiger partial charge in [0.05, 0.1) is 12.0 Å². The van der Waals surface area contributed by atoms with Crippen LogP contribution in [-0.4, -0.2) is 42.0 Å². The first-order valence-electron chi connectivity index (χ1n) is 6.40. The third kappa shape index (κ3) is 3.83. The average molecular weight is 316 g/mol. The van der Waals surface area contributed by atoms with Crippen molar-refractivity contribution in [1.29, 1.82) is 0 Å². The Morgan fingerprint density at radius 3 is 2.81 bits per heavy atom. The molecule has 8 heteroatoms. The molecule has 0 aromatic heterocycles. The molecule has 0 unspecified atom stereocenters. The van der Waals surface area contributed by atoms with Crippen molar-refractivity contribution in [1.82, 2.24) is 4.90 Å². The summed E-state index contributed by atoms with van der Waals surface area (Å²) in [6.45, 7) is 1.12.